The highest BCUT2D eigenvalue weighted by atomic mass is 19.1. The molecule has 0 bridgehead atoms. The molecule has 2 unspecified atom stereocenters. The SMILES string of the molecule is CNCc1ccc(N(C)C2CCCC(C)C2)c(F)c1. The van der Waals surface area contributed by atoms with Gasteiger partial charge in [-0.05, 0) is 43.5 Å². The van der Waals surface area contributed by atoms with Crippen LogP contribution in [0.1, 0.15) is 38.2 Å². The van der Waals surface area contributed by atoms with Crippen LogP contribution in [0.3, 0.4) is 0 Å². The van der Waals surface area contributed by atoms with Crippen LogP contribution in [-0.2, 0) is 6.54 Å². The number of halogens is 1. The molecule has 1 N–H and O–H groups in total. The second-order valence-electron chi connectivity index (χ2n) is 5.85. The van der Waals surface area contributed by atoms with Gasteiger partial charge in [-0.25, -0.2) is 4.39 Å². The summed E-state index contributed by atoms with van der Waals surface area (Å²) in [4.78, 5) is 2.13. The minimum Gasteiger partial charge on any atom is -0.369 e. The van der Waals surface area contributed by atoms with Gasteiger partial charge < -0.3 is 10.2 Å². The van der Waals surface area contributed by atoms with Gasteiger partial charge >= 0.3 is 0 Å². The van der Waals surface area contributed by atoms with Gasteiger partial charge in [-0.15, -0.1) is 0 Å². The Hall–Kier alpha value is -1.09. The van der Waals surface area contributed by atoms with Crippen molar-refractivity contribution in [2.75, 3.05) is 19.0 Å². The van der Waals surface area contributed by atoms with Gasteiger partial charge in [0.2, 0.25) is 0 Å². The molecule has 3 heteroatoms. The van der Waals surface area contributed by atoms with Crippen molar-refractivity contribution >= 4 is 5.69 Å². The fourth-order valence-corrected chi connectivity index (χ4v) is 3.10. The molecule has 0 amide bonds. The van der Waals surface area contributed by atoms with E-state index in [1.807, 2.05) is 26.2 Å². The van der Waals surface area contributed by atoms with Crippen molar-refractivity contribution in [3.8, 4) is 0 Å². The van der Waals surface area contributed by atoms with Gasteiger partial charge in [0.25, 0.3) is 0 Å². The van der Waals surface area contributed by atoms with Gasteiger partial charge in [0, 0.05) is 19.6 Å². The Labute approximate surface area is 116 Å². The summed E-state index contributed by atoms with van der Waals surface area (Å²) in [6.07, 6.45) is 4.93. The van der Waals surface area contributed by atoms with Crippen LogP contribution in [0.2, 0.25) is 0 Å². The van der Waals surface area contributed by atoms with E-state index in [-0.39, 0.29) is 5.82 Å². The zero-order valence-electron chi connectivity index (χ0n) is 12.2. The highest BCUT2D eigenvalue weighted by molar-refractivity contribution is 5.49. The van der Waals surface area contributed by atoms with E-state index in [4.69, 9.17) is 0 Å². The van der Waals surface area contributed by atoms with Crippen molar-refractivity contribution < 1.29 is 4.39 Å². The molecule has 2 rings (SSSR count). The summed E-state index contributed by atoms with van der Waals surface area (Å²) in [6, 6.07) is 6.06. The topological polar surface area (TPSA) is 15.3 Å². The van der Waals surface area contributed by atoms with E-state index >= 15 is 0 Å². The lowest BCUT2D eigenvalue weighted by molar-refractivity contribution is 0.335. The maximum Gasteiger partial charge on any atom is 0.146 e. The van der Waals surface area contributed by atoms with Crippen LogP contribution in [-0.4, -0.2) is 20.1 Å². The maximum atomic E-state index is 14.2. The summed E-state index contributed by atoms with van der Waals surface area (Å²) in [7, 11) is 3.90. The molecule has 1 aliphatic carbocycles. The Kier molecular flexibility index (Phi) is 4.81. The van der Waals surface area contributed by atoms with E-state index in [9.17, 15) is 4.39 Å². The Morgan fingerprint density at radius 3 is 2.79 bits per heavy atom. The largest absolute Gasteiger partial charge is 0.369 e. The van der Waals surface area contributed by atoms with Crippen LogP contribution in [0.4, 0.5) is 10.1 Å². The number of benzene rings is 1. The summed E-state index contributed by atoms with van der Waals surface area (Å²) < 4.78 is 14.2. The molecule has 0 saturated heterocycles. The minimum absolute atomic E-state index is 0.103. The van der Waals surface area contributed by atoms with Gasteiger partial charge in [-0.1, -0.05) is 25.8 Å². The number of nitrogens with zero attached hydrogens (tertiary/aromatic N) is 1. The summed E-state index contributed by atoms with van der Waals surface area (Å²) in [6.45, 7) is 3.01. The molecule has 0 heterocycles. The third-order valence-electron chi connectivity index (χ3n) is 4.23. The summed E-state index contributed by atoms with van der Waals surface area (Å²) in [5, 5.41) is 3.05. The molecule has 0 spiro atoms. The number of hydrogen-bond acceptors (Lipinski definition) is 2. The Morgan fingerprint density at radius 1 is 1.37 bits per heavy atom. The number of rotatable bonds is 4. The predicted octanol–water partition coefficient (Wildman–Crippen LogP) is 3.56. The molecule has 0 aliphatic heterocycles. The van der Waals surface area contributed by atoms with E-state index in [0.717, 1.165) is 17.2 Å². The minimum atomic E-state index is -0.103. The van der Waals surface area contributed by atoms with E-state index in [2.05, 4.69) is 17.1 Å². The lowest BCUT2D eigenvalue weighted by Crippen LogP contribution is -2.36. The molecule has 1 aromatic carbocycles. The van der Waals surface area contributed by atoms with Crippen molar-refractivity contribution in [2.45, 2.75) is 45.2 Å². The predicted molar refractivity (Wildman–Crippen MR) is 79.0 cm³/mol. The Balaban J connectivity index is 2.12. The average Bonchev–Trinajstić information content (AvgIpc) is 2.38. The first-order chi connectivity index (χ1) is 9.11. The van der Waals surface area contributed by atoms with Crippen LogP contribution in [0.25, 0.3) is 0 Å². The van der Waals surface area contributed by atoms with Crippen molar-refractivity contribution in [2.24, 2.45) is 5.92 Å². The van der Waals surface area contributed by atoms with Crippen molar-refractivity contribution in [1.82, 2.24) is 5.32 Å². The van der Waals surface area contributed by atoms with E-state index in [1.165, 1.54) is 25.7 Å². The second-order valence-corrected chi connectivity index (χ2v) is 5.85. The van der Waals surface area contributed by atoms with Gasteiger partial charge in [0.15, 0.2) is 0 Å². The second kappa shape index (κ2) is 6.38. The monoisotopic (exact) mass is 264 g/mol. The van der Waals surface area contributed by atoms with E-state index in [1.54, 1.807) is 6.07 Å². The lowest BCUT2D eigenvalue weighted by Gasteiger charge is -2.35. The maximum absolute atomic E-state index is 14.2. The number of hydrogen-bond donors (Lipinski definition) is 1. The first-order valence-electron chi connectivity index (χ1n) is 7.27. The van der Waals surface area contributed by atoms with Crippen molar-refractivity contribution in [3.05, 3.63) is 29.6 Å². The van der Waals surface area contributed by atoms with Crippen LogP contribution < -0.4 is 10.2 Å². The van der Waals surface area contributed by atoms with Crippen LogP contribution in [0.5, 0.6) is 0 Å². The first-order valence-corrected chi connectivity index (χ1v) is 7.27. The molecule has 0 radical (unpaired) electrons. The zero-order valence-corrected chi connectivity index (χ0v) is 12.2. The highest BCUT2D eigenvalue weighted by Gasteiger charge is 2.24. The standard InChI is InChI=1S/C16H25FN2/c1-12-5-4-6-14(9-12)19(3)16-8-7-13(11-18-2)10-15(16)17/h7-8,10,12,14,18H,4-6,9,11H2,1-3H3. The molecule has 1 saturated carbocycles. The van der Waals surface area contributed by atoms with Gasteiger partial charge in [-0.2, -0.15) is 0 Å². The van der Waals surface area contributed by atoms with Crippen LogP contribution in [0, 0.1) is 11.7 Å². The van der Waals surface area contributed by atoms with Gasteiger partial charge in [-0.3, -0.25) is 0 Å². The molecule has 2 nitrogen and oxygen atoms in total. The highest BCUT2D eigenvalue weighted by Crippen LogP contribution is 2.30. The number of anilines is 1. The average molecular weight is 264 g/mol. The number of nitrogens with one attached hydrogen (secondary N) is 1. The summed E-state index contributed by atoms with van der Waals surface area (Å²) in [5.41, 5.74) is 1.73. The van der Waals surface area contributed by atoms with Crippen molar-refractivity contribution in [1.29, 1.82) is 0 Å². The molecule has 0 aromatic heterocycles. The zero-order chi connectivity index (χ0) is 13.8. The first kappa shape index (κ1) is 14.3. The molecule has 2 atom stereocenters. The molecule has 106 valence electrons. The van der Waals surface area contributed by atoms with E-state index in [0.29, 0.717) is 12.6 Å². The fourth-order valence-electron chi connectivity index (χ4n) is 3.10. The fraction of sp³-hybridized carbons (Fsp3) is 0.625. The van der Waals surface area contributed by atoms with Crippen molar-refractivity contribution in [3.63, 3.8) is 0 Å². The summed E-state index contributed by atoms with van der Waals surface area (Å²) in [5.74, 6) is 0.654. The van der Waals surface area contributed by atoms with Crippen LogP contribution >= 0.6 is 0 Å². The quantitative estimate of drug-likeness (QED) is 0.894. The van der Waals surface area contributed by atoms with E-state index < -0.39 is 0 Å². The Morgan fingerprint density at radius 2 is 2.16 bits per heavy atom. The normalized spacial score (nSPS) is 23.4. The third-order valence-corrected chi connectivity index (χ3v) is 4.23. The van der Waals surface area contributed by atoms with Gasteiger partial charge in [0.1, 0.15) is 5.82 Å². The molecule has 1 aliphatic rings. The summed E-state index contributed by atoms with van der Waals surface area (Å²) >= 11 is 0. The van der Waals surface area contributed by atoms with Crippen LogP contribution in [0.15, 0.2) is 18.2 Å². The molecule has 1 aromatic rings. The molecular weight excluding hydrogens is 239 g/mol. The molecule has 19 heavy (non-hydrogen) atoms. The molecular formula is C16H25FN2. The third kappa shape index (κ3) is 3.47. The molecule has 1 fully saturated rings. The van der Waals surface area contributed by atoms with Gasteiger partial charge in [0.05, 0.1) is 5.69 Å². The smallest absolute Gasteiger partial charge is 0.146 e. The Bertz CT molecular complexity index is 419. The lowest BCUT2D eigenvalue weighted by atomic mass is 9.86.